The van der Waals surface area contributed by atoms with Crippen LogP contribution in [0.3, 0.4) is 0 Å². The molecular weight excluding hydrogens is 354 g/mol. The highest BCUT2D eigenvalue weighted by Crippen LogP contribution is 2.24. The van der Waals surface area contributed by atoms with Crippen molar-refractivity contribution in [1.29, 1.82) is 0 Å². The van der Waals surface area contributed by atoms with Crippen molar-refractivity contribution in [2.75, 3.05) is 13.6 Å². The SMILES string of the molecule is CN(CC(=O)NC(=O)NC(C)(C)C)Cc1ccc(-c2ccc(Cl)cc2)o1. The number of benzene rings is 1. The van der Waals surface area contributed by atoms with Crippen LogP contribution < -0.4 is 10.6 Å². The van der Waals surface area contributed by atoms with Crippen molar-refractivity contribution in [3.63, 3.8) is 0 Å². The first-order valence-electron chi connectivity index (χ1n) is 8.27. The fourth-order valence-corrected chi connectivity index (χ4v) is 2.46. The molecule has 3 amide bonds. The van der Waals surface area contributed by atoms with Crippen LogP contribution in [0.1, 0.15) is 26.5 Å². The zero-order chi connectivity index (χ0) is 19.3. The molecule has 2 N–H and O–H groups in total. The van der Waals surface area contributed by atoms with Crippen LogP contribution in [-0.4, -0.2) is 36.0 Å². The predicted octanol–water partition coefficient (Wildman–Crippen LogP) is 3.66. The van der Waals surface area contributed by atoms with E-state index in [1.807, 2.05) is 45.0 Å². The first-order valence-corrected chi connectivity index (χ1v) is 8.65. The highest BCUT2D eigenvalue weighted by atomic mass is 35.5. The number of rotatable bonds is 5. The molecule has 0 fully saturated rings. The number of hydrogen-bond acceptors (Lipinski definition) is 4. The zero-order valence-corrected chi connectivity index (χ0v) is 16.2. The van der Waals surface area contributed by atoms with Gasteiger partial charge in [0.15, 0.2) is 0 Å². The lowest BCUT2D eigenvalue weighted by Crippen LogP contribution is -2.50. The largest absolute Gasteiger partial charge is 0.460 e. The van der Waals surface area contributed by atoms with Crippen LogP contribution in [0.2, 0.25) is 5.02 Å². The molecule has 0 spiro atoms. The minimum atomic E-state index is -0.501. The van der Waals surface area contributed by atoms with E-state index >= 15 is 0 Å². The molecule has 1 aromatic carbocycles. The monoisotopic (exact) mass is 377 g/mol. The number of carbonyl (C=O) groups excluding carboxylic acids is 2. The van der Waals surface area contributed by atoms with Crippen molar-refractivity contribution in [1.82, 2.24) is 15.5 Å². The number of carbonyl (C=O) groups is 2. The van der Waals surface area contributed by atoms with Crippen molar-refractivity contribution in [2.24, 2.45) is 0 Å². The maximum absolute atomic E-state index is 11.9. The third kappa shape index (κ3) is 6.54. The maximum Gasteiger partial charge on any atom is 0.321 e. The van der Waals surface area contributed by atoms with E-state index in [9.17, 15) is 9.59 Å². The lowest BCUT2D eigenvalue weighted by atomic mass is 10.1. The molecule has 0 aliphatic carbocycles. The summed E-state index contributed by atoms with van der Waals surface area (Å²) in [4.78, 5) is 25.4. The topological polar surface area (TPSA) is 74.6 Å². The van der Waals surface area contributed by atoms with Gasteiger partial charge in [-0.1, -0.05) is 11.6 Å². The van der Waals surface area contributed by atoms with Gasteiger partial charge in [0.1, 0.15) is 11.5 Å². The molecule has 140 valence electrons. The van der Waals surface area contributed by atoms with Gasteiger partial charge in [0, 0.05) is 16.1 Å². The molecule has 0 atom stereocenters. The summed E-state index contributed by atoms with van der Waals surface area (Å²) in [6.07, 6.45) is 0. The van der Waals surface area contributed by atoms with Crippen molar-refractivity contribution in [2.45, 2.75) is 32.9 Å². The van der Waals surface area contributed by atoms with E-state index in [1.54, 1.807) is 24.1 Å². The van der Waals surface area contributed by atoms with Crippen LogP contribution in [0.15, 0.2) is 40.8 Å². The Hall–Kier alpha value is -2.31. The van der Waals surface area contributed by atoms with Gasteiger partial charge < -0.3 is 9.73 Å². The summed E-state index contributed by atoms with van der Waals surface area (Å²) < 4.78 is 5.81. The molecule has 0 bridgehead atoms. The summed E-state index contributed by atoms with van der Waals surface area (Å²) >= 11 is 5.89. The van der Waals surface area contributed by atoms with Gasteiger partial charge in [0.25, 0.3) is 0 Å². The average molecular weight is 378 g/mol. The molecule has 0 aliphatic heterocycles. The molecule has 0 radical (unpaired) electrons. The zero-order valence-electron chi connectivity index (χ0n) is 15.4. The van der Waals surface area contributed by atoms with E-state index in [0.29, 0.717) is 11.6 Å². The third-order valence-electron chi connectivity index (χ3n) is 3.37. The normalized spacial score (nSPS) is 11.5. The summed E-state index contributed by atoms with van der Waals surface area (Å²) in [5.41, 5.74) is 0.530. The van der Waals surface area contributed by atoms with E-state index < -0.39 is 11.6 Å². The highest BCUT2D eigenvalue weighted by Gasteiger charge is 2.17. The Morgan fingerprint density at radius 2 is 1.77 bits per heavy atom. The Labute approximate surface area is 158 Å². The second-order valence-corrected chi connectivity index (χ2v) is 7.63. The number of furan rings is 1. The van der Waals surface area contributed by atoms with E-state index in [-0.39, 0.29) is 12.5 Å². The van der Waals surface area contributed by atoms with Crippen molar-refractivity contribution >= 4 is 23.5 Å². The van der Waals surface area contributed by atoms with Crippen LogP contribution in [-0.2, 0) is 11.3 Å². The number of imide groups is 1. The highest BCUT2D eigenvalue weighted by molar-refractivity contribution is 6.30. The van der Waals surface area contributed by atoms with Gasteiger partial charge in [0.2, 0.25) is 5.91 Å². The minimum absolute atomic E-state index is 0.0779. The quantitative estimate of drug-likeness (QED) is 0.833. The van der Waals surface area contributed by atoms with E-state index in [4.69, 9.17) is 16.0 Å². The number of nitrogens with zero attached hydrogens (tertiary/aromatic N) is 1. The van der Waals surface area contributed by atoms with Crippen molar-refractivity contribution in [3.8, 4) is 11.3 Å². The van der Waals surface area contributed by atoms with Gasteiger partial charge in [-0.15, -0.1) is 0 Å². The molecule has 26 heavy (non-hydrogen) atoms. The summed E-state index contributed by atoms with van der Waals surface area (Å²) in [6, 6.07) is 10.6. The third-order valence-corrected chi connectivity index (χ3v) is 3.62. The van der Waals surface area contributed by atoms with Gasteiger partial charge in [-0.2, -0.15) is 0 Å². The lowest BCUT2D eigenvalue weighted by Gasteiger charge is -2.21. The fourth-order valence-electron chi connectivity index (χ4n) is 2.34. The Kier molecular flexibility index (Phi) is 6.45. The molecule has 0 unspecified atom stereocenters. The van der Waals surface area contributed by atoms with Crippen molar-refractivity contribution < 1.29 is 14.0 Å². The van der Waals surface area contributed by atoms with Crippen LogP contribution in [0.4, 0.5) is 4.79 Å². The summed E-state index contributed by atoms with van der Waals surface area (Å²) in [6.45, 7) is 6.06. The number of urea groups is 1. The Morgan fingerprint density at radius 3 is 2.38 bits per heavy atom. The van der Waals surface area contributed by atoms with Crippen molar-refractivity contribution in [3.05, 3.63) is 47.2 Å². The first kappa shape index (κ1) is 20.0. The second kappa shape index (κ2) is 8.38. The van der Waals surface area contributed by atoms with Gasteiger partial charge in [0.05, 0.1) is 13.1 Å². The molecule has 0 aliphatic rings. The molecule has 1 heterocycles. The molecule has 7 heteroatoms. The predicted molar refractivity (Wildman–Crippen MR) is 102 cm³/mol. The minimum Gasteiger partial charge on any atom is -0.460 e. The molecule has 2 rings (SSSR count). The molecule has 2 aromatic rings. The molecular formula is C19H24ClN3O3. The smallest absolute Gasteiger partial charge is 0.321 e. The number of nitrogens with one attached hydrogen (secondary N) is 2. The molecule has 0 saturated carbocycles. The van der Waals surface area contributed by atoms with Gasteiger partial charge >= 0.3 is 6.03 Å². The first-order chi connectivity index (χ1) is 12.1. The van der Waals surface area contributed by atoms with Gasteiger partial charge in [-0.05, 0) is 64.2 Å². The summed E-state index contributed by atoms with van der Waals surface area (Å²) in [7, 11) is 1.78. The van der Waals surface area contributed by atoms with E-state index in [1.165, 1.54) is 0 Å². The van der Waals surface area contributed by atoms with E-state index in [0.717, 1.165) is 17.1 Å². The van der Waals surface area contributed by atoms with Crippen LogP contribution in [0.25, 0.3) is 11.3 Å². The van der Waals surface area contributed by atoms with Crippen LogP contribution >= 0.6 is 11.6 Å². The average Bonchev–Trinajstić information content (AvgIpc) is 2.93. The number of hydrogen-bond donors (Lipinski definition) is 2. The standard InChI is InChI=1S/C19H24ClN3O3/c1-19(2,3)22-18(25)21-17(24)12-23(4)11-15-9-10-16(26-15)13-5-7-14(20)8-6-13/h5-10H,11-12H2,1-4H3,(H2,21,22,24,25). The lowest BCUT2D eigenvalue weighted by molar-refractivity contribution is -0.121. The van der Waals surface area contributed by atoms with Crippen LogP contribution in [0, 0.1) is 0 Å². The Morgan fingerprint density at radius 1 is 1.12 bits per heavy atom. The fraction of sp³-hybridized carbons (Fsp3) is 0.368. The number of likely N-dealkylation sites (N-methyl/N-ethyl adjacent to an activating group) is 1. The molecule has 0 saturated heterocycles. The second-order valence-electron chi connectivity index (χ2n) is 7.20. The van der Waals surface area contributed by atoms with E-state index in [2.05, 4.69) is 10.6 Å². The maximum atomic E-state index is 11.9. The Bertz CT molecular complexity index is 763. The van der Waals surface area contributed by atoms with Gasteiger partial charge in [-0.25, -0.2) is 4.79 Å². The summed E-state index contributed by atoms with van der Waals surface area (Å²) in [5.74, 6) is 1.09. The van der Waals surface area contributed by atoms with Crippen LogP contribution in [0.5, 0.6) is 0 Å². The molecule has 1 aromatic heterocycles. The van der Waals surface area contributed by atoms with Gasteiger partial charge in [-0.3, -0.25) is 15.0 Å². The summed E-state index contributed by atoms with van der Waals surface area (Å²) in [5, 5.41) is 5.67. The molecule has 6 nitrogen and oxygen atoms in total. The number of halogens is 1. The Balaban J connectivity index is 1.86. The number of amides is 3.